The maximum atomic E-state index is 7.55. The Morgan fingerprint density at radius 2 is 1.12 bits per heavy atom. The first kappa shape index (κ1) is 28.9. The molecule has 11 aliphatic rings. The van der Waals surface area contributed by atoms with Gasteiger partial charge in [-0.2, -0.15) is 0 Å². The molecule has 6 heteroatoms. The number of hydrogen-bond acceptors (Lipinski definition) is 4. The minimum Gasteiger partial charge on any atom is -0.354 e. The summed E-state index contributed by atoms with van der Waals surface area (Å²) in [6.07, 6.45) is 13.1. The van der Waals surface area contributed by atoms with Crippen molar-refractivity contribution in [2.45, 2.75) is 99.8 Å². The highest BCUT2D eigenvalue weighted by molar-refractivity contribution is 5.72. The first-order chi connectivity index (χ1) is 24.6. The van der Waals surface area contributed by atoms with E-state index in [1.807, 2.05) is 0 Å². The van der Waals surface area contributed by atoms with Crippen LogP contribution in [0.15, 0.2) is 71.8 Å². The van der Waals surface area contributed by atoms with Crippen LogP contribution in [0.2, 0.25) is 0 Å². The largest absolute Gasteiger partial charge is 0.354 e. The molecule has 4 unspecified atom stereocenters. The van der Waals surface area contributed by atoms with Crippen LogP contribution in [0.3, 0.4) is 0 Å². The molecule has 2 aliphatic carbocycles. The van der Waals surface area contributed by atoms with E-state index in [2.05, 4.69) is 84.3 Å². The molecule has 0 amide bonds. The molecule has 13 rings (SSSR count). The quantitative estimate of drug-likeness (QED) is 0.290. The number of hydrogen-bond donors (Lipinski definition) is 0. The highest BCUT2D eigenvalue weighted by atomic mass is 16.5. The predicted octanol–water partition coefficient (Wildman–Crippen LogP) is 6.12. The van der Waals surface area contributed by atoms with Gasteiger partial charge in [-0.15, -0.1) is 0 Å². The molecule has 6 nitrogen and oxygen atoms in total. The minimum absolute atomic E-state index is 0.0785. The first-order valence-corrected chi connectivity index (χ1v) is 20.7. The van der Waals surface area contributed by atoms with Gasteiger partial charge < -0.3 is 28.2 Å². The topological polar surface area (TPSA) is 24.9 Å². The molecular formula is C44H54N4O2+2. The van der Waals surface area contributed by atoms with Crippen molar-refractivity contribution in [1.29, 1.82) is 0 Å². The molecule has 0 aromatic heterocycles. The third-order valence-electron chi connectivity index (χ3n) is 17.8. The van der Waals surface area contributed by atoms with Crippen LogP contribution in [0.4, 0.5) is 11.4 Å². The second-order valence-corrected chi connectivity index (χ2v) is 18.8. The minimum atomic E-state index is 0.0785. The Labute approximate surface area is 297 Å². The van der Waals surface area contributed by atoms with E-state index >= 15 is 0 Å². The van der Waals surface area contributed by atoms with Crippen molar-refractivity contribution >= 4 is 11.4 Å². The third-order valence-corrected chi connectivity index (χ3v) is 17.8. The number of anilines is 2. The molecule has 2 spiro atoms. The fourth-order valence-corrected chi connectivity index (χ4v) is 16.9. The molecular weight excluding hydrogens is 617 g/mol. The molecule has 2 aromatic carbocycles. The van der Waals surface area contributed by atoms with Gasteiger partial charge in [0.1, 0.15) is 37.6 Å². The van der Waals surface area contributed by atoms with Crippen LogP contribution >= 0.6 is 0 Å². The lowest BCUT2D eigenvalue weighted by Crippen LogP contribution is -2.78. The number of quaternary nitrogens is 2. The molecule has 2 saturated carbocycles. The molecule has 2 aromatic rings. The summed E-state index contributed by atoms with van der Waals surface area (Å²) in [4.78, 5) is 6.03. The van der Waals surface area contributed by atoms with Gasteiger partial charge in [-0.1, -0.05) is 62.4 Å². The number of para-hydroxylation sites is 2. The molecule has 50 heavy (non-hydrogen) atoms. The van der Waals surface area contributed by atoms with Gasteiger partial charge in [-0.25, -0.2) is 0 Å². The van der Waals surface area contributed by atoms with Crippen LogP contribution in [-0.4, -0.2) is 98.1 Å². The van der Waals surface area contributed by atoms with Crippen molar-refractivity contribution in [3.05, 3.63) is 83.0 Å². The Balaban J connectivity index is 1.12. The van der Waals surface area contributed by atoms with Crippen LogP contribution in [0, 0.1) is 23.7 Å². The Morgan fingerprint density at radius 3 is 1.58 bits per heavy atom. The average molecular weight is 671 g/mol. The predicted molar refractivity (Wildman–Crippen MR) is 195 cm³/mol. The third kappa shape index (κ3) is 2.90. The molecule has 9 aliphatic heterocycles. The summed E-state index contributed by atoms with van der Waals surface area (Å²) in [6, 6.07) is 21.8. The zero-order chi connectivity index (χ0) is 32.8. The van der Waals surface area contributed by atoms with E-state index in [1.54, 1.807) is 22.3 Å². The fraction of sp³-hybridized carbons (Fsp3) is 0.636. The zero-order valence-corrected chi connectivity index (χ0v) is 30.1. The van der Waals surface area contributed by atoms with Crippen LogP contribution < -0.4 is 9.80 Å². The lowest BCUT2D eigenvalue weighted by molar-refractivity contribution is -0.943. The second kappa shape index (κ2) is 9.28. The van der Waals surface area contributed by atoms with Crippen LogP contribution in [0.1, 0.15) is 63.5 Å². The molecule has 14 atom stereocenters. The standard InChI is InChI=1S/C44H54N4O2/c1-3-17-47-19-15-43-31-9-5-7-11-33(31)45-39(43)37-29(23-35(43)47)27(25-47)13-21-49-41(37)46-34-12-8-6-10-32(34)44-16-20-48(18-4-2)26-28-14-22-50-42(45)38(40(44)46)30(28)24-36(44)48/h5-14,29-30,35-42H,3-4,15-26H2,1-2H3/q+2/t29-,30-,35-,36-,37+,38+,39-,40-,41+,42+,43?,44?,47?,48?/m0/s1. The Hall–Kier alpha value is -2.64. The van der Waals surface area contributed by atoms with E-state index in [-0.39, 0.29) is 23.3 Å². The summed E-state index contributed by atoms with van der Waals surface area (Å²) in [5.41, 5.74) is 10.1. The smallest absolute Gasteiger partial charge is 0.136 e. The molecule has 7 fully saturated rings. The Morgan fingerprint density at radius 1 is 0.660 bits per heavy atom. The van der Waals surface area contributed by atoms with Crippen molar-refractivity contribution in [2.75, 3.05) is 62.3 Å². The van der Waals surface area contributed by atoms with Gasteiger partial charge in [-0.3, -0.25) is 0 Å². The average Bonchev–Trinajstić information content (AvgIpc) is 3.75. The summed E-state index contributed by atoms with van der Waals surface area (Å²) >= 11 is 0. The van der Waals surface area contributed by atoms with Gasteiger partial charge in [0.15, 0.2) is 0 Å². The lowest BCUT2D eigenvalue weighted by atomic mass is 9.52. The van der Waals surface area contributed by atoms with E-state index in [0.717, 1.165) is 13.2 Å². The number of piperidine rings is 2. The SMILES string of the molecule is CCC[N+]12CCC34c5ccccc5N5[C@@H]6OCC=C7C[N+]8(CCC)CCC9%10c%11ccccc%11N([C@@H]%11OCC=C(C1)[C@H](C[C@@H]32)[C@@H]%11[C@H]54)[C@H]9[C@H]6[C@H]7C[C@@H]%108. The molecule has 4 bridgehead atoms. The Bertz CT molecular complexity index is 1770. The number of nitrogens with zero attached hydrogens (tertiary/aromatic N) is 4. The van der Waals surface area contributed by atoms with E-state index in [1.165, 1.54) is 98.1 Å². The van der Waals surface area contributed by atoms with Crippen molar-refractivity contribution in [3.63, 3.8) is 0 Å². The molecule has 9 heterocycles. The molecule has 5 saturated heterocycles. The number of ether oxygens (including phenoxy) is 2. The van der Waals surface area contributed by atoms with Crippen LogP contribution in [0.25, 0.3) is 0 Å². The summed E-state index contributed by atoms with van der Waals surface area (Å²) in [7, 11) is 0. The van der Waals surface area contributed by atoms with E-state index in [0.29, 0.717) is 47.8 Å². The zero-order valence-electron chi connectivity index (χ0n) is 30.1. The second-order valence-electron chi connectivity index (χ2n) is 18.8. The van der Waals surface area contributed by atoms with Crippen molar-refractivity contribution in [2.24, 2.45) is 23.7 Å². The van der Waals surface area contributed by atoms with Crippen LogP contribution in [-0.2, 0) is 20.3 Å². The fourth-order valence-electron chi connectivity index (χ4n) is 16.9. The lowest BCUT2D eigenvalue weighted by Gasteiger charge is -2.65. The van der Waals surface area contributed by atoms with E-state index < -0.39 is 0 Å². The number of benzene rings is 2. The molecule has 0 radical (unpaired) electrons. The number of fused-ring (bicyclic) bond motifs is 6. The van der Waals surface area contributed by atoms with Crippen molar-refractivity contribution < 1.29 is 18.4 Å². The number of rotatable bonds is 4. The van der Waals surface area contributed by atoms with Gasteiger partial charge in [0.25, 0.3) is 0 Å². The van der Waals surface area contributed by atoms with Gasteiger partial charge in [0, 0.05) is 60.7 Å². The summed E-state index contributed by atoms with van der Waals surface area (Å²) in [5.74, 6) is 1.97. The first-order valence-electron chi connectivity index (χ1n) is 20.7. The van der Waals surface area contributed by atoms with Crippen molar-refractivity contribution in [1.82, 2.24) is 0 Å². The van der Waals surface area contributed by atoms with Crippen molar-refractivity contribution in [3.8, 4) is 0 Å². The summed E-state index contributed by atoms with van der Waals surface area (Å²) < 4.78 is 17.7. The summed E-state index contributed by atoms with van der Waals surface area (Å²) in [6.45, 7) is 14.1. The normalized spacial score (nSPS) is 50.0. The summed E-state index contributed by atoms with van der Waals surface area (Å²) in [5, 5.41) is 0. The maximum absolute atomic E-state index is 7.55. The van der Waals surface area contributed by atoms with E-state index in [9.17, 15) is 0 Å². The van der Waals surface area contributed by atoms with Gasteiger partial charge in [-0.05, 0) is 47.2 Å². The van der Waals surface area contributed by atoms with E-state index in [4.69, 9.17) is 9.47 Å². The van der Waals surface area contributed by atoms with Crippen LogP contribution in [0.5, 0.6) is 0 Å². The highest BCUT2D eigenvalue weighted by Gasteiger charge is 2.80. The Kier molecular flexibility index (Phi) is 5.36. The maximum Gasteiger partial charge on any atom is 0.136 e. The van der Waals surface area contributed by atoms with Gasteiger partial charge in [0.2, 0.25) is 0 Å². The highest BCUT2D eigenvalue weighted by Crippen LogP contribution is 2.72. The van der Waals surface area contributed by atoms with Gasteiger partial charge >= 0.3 is 0 Å². The monoisotopic (exact) mass is 670 g/mol. The van der Waals surface area contributed by atoms with Gasteiger partial charge in [0.05, 0.1) is 62.3 Å². The molecule has 0 N–H and O–H groups in total. The molecule has 260 valence electrons.